The number of fused-ring (bicyclic) bond motifs is 4. The molecule has 5 rings (SSSR count). The van der Waals surface area contributed by atoms with Crippen LogP contribution in [-0.2, 0) is 20.9 Å². The van der Waals surface area contributed by atoms with Crippen LogP contribution in [0.5, 0.6) is 0 Å². The highest BCUT2D eigenvalue weighted by Gasteiger charge is 2.51. The Bertz CT molecular complexity index is 2090. The molecule has 65 heavy (non-hydrogen) atoms. The van der Waals surface area contributed by atoms with Crippen LogP contribution in [0.4, 0.5) is 0 Å². The van der Waals surface area contributed by atoms with Crippen LogP contribution in [-0.4, -0.2) is 33.2 Å². The van der Waals surface area contributed by atoms with Crippen LogP contribution in [0.1, 0.15) is 239 Å². The summed E-state index contributed by atoms with van der Waals surface area (Å²) in [6.07, 6.45) is 23.6. The van der Waals surface area contributed by atoms with Crippen molar-refractivity contribution in [3.05, 3.63) is 52.4 Å². The summed E-state index contributed by atoms with van der Waals surface area (Å²) in [7, 11) is -6.46. The van der Waals surface area contributed by atoms with Crippen molar-refractivity contribution in [2.45, 2.75) is 246 Å². The highest BCUT2D eigenvalue weighted by molar-refractivity contribution is 7.90. The number of amides is 1. The first kappa shape index (κ1) is 53.7. The van der Waals surface area contributed by atoms with Gasteiger partial charge >= 0.3 is 0 Å². The summed E-state index contributed by atoms with van der Waals surface area (Å²) in [5.74, 6) is 1.39. The highest BCUT2D eigenvalue weighted by atomic mass is 32.2. The zero-order valence-corrected chi connectivity index (χ0v) is 46.3. The first-order valence-electron chi connectivity index (χ1n) is 27.1. The fourth-order valence-corrected chi connectivity index (χ4v) is 23.1. The molecule has 2 aromatic carbocycles. The lowest BCUT2D eigenvalue weighted by atomic mass is 9.75. The third-order valence-corrected chi connectivity index (χ3v) is 25.0. The molecule has 0 saturated heterocycles. The van der Waals surface area contributed by atoms with Gasteiger partial charge in [-0.2, -0.15) is 0 Å². The number of unbranched alkanes of at least 4 members (excludes halogenated alkanes) is 7. The maximum Gasteiger partial charge on any atom is 0.270 e. The molecule has 4 nitrogen and oxygen atoms in total. The molecule has 1 aromatic heterocycles. The van der Waals surface area contributed by atoms with E-state index in [-0.39, 0.29) is 23.3 Å². The number of benzene rings is 2. The third-order valence-electron chi connectivity index (χ3n) is 16.1. The molecule has 3 atom stereocenters. The van der Waals surface area contributed by atoms with Crippen molar-refractivity contribution in [3.63, 3.8) is 0 Å². The van der Waals surface area contributed by atoms with Crippen LogP contribution < -0.4 is 10.4 Å². The summed E-state index contributed by atoms with van der Waals surface area (Å²) in [5.41, 5.74) is 5.67. The summed E-state index contributed by atoms with van der Waals surface area (Å²) >= 11 is 1.64. The second-order valence-corrected chi connectivity index (χ2v) is 28.8. The normalized spacial score (nSPS) is 18.5. The van der Waals surface area contributed by atoms with Gasteiger partial charge in [0.25, 0.3) is 15.9 Å². The van der Waals surface area contributed by atoms with Gasteiger partial charge in [0.05, 0.1) is 5.56 Å². The van der Waals surface area contributed by atoms with Gasteiger partial charge in [0, 0.05) is 21.7 Å². The molecule has 364 valence electrons. The number of hydrogen-bond donors (Lipinski definition) is 0. The zero-order chi connectivity index (χ0) is 47.6. The Morgan fingerprint density at radius 3 is 1.71 bits per heavy atom. The number of rotatable bonds is 30. The number of sulfonamides is 1. The maximum absolute atomic E-state index is 15.0. The molecule has 0 radical (unpaired) electrons. The lowest BCUT2D eigenvalue weighted by Crippen LogP contribution is -2.57. The Kier molecular flexibility index (Phi) is 19.7. The minimum Gasteiger partial charge on any atom is -0.268 e. The molecule has 3 heterocycles. The molecule has 0 spiro atoms. The average molecular weight is 945 g/mol. The predicted molar refractivity (Wildman–Crippen MR) is 287 cm³/mol. The van der Waals surface area contributed by atoms with Crippen LogP contribution >= 0.6 is 11.3 Å². The molecule has 0 fully saturated rings. The van der Waals surface area contributed by atoms with Crippen molar-refractivity contribution in [2.24, 2.45) is 17.8 Å². The zero-order valence-electron chi connectivity index (χ0n) is 43.7. The first-order chi connectivity index (χ1) is 31.1. The van der Waals surface area contributed by atoms with E-state index in [0.29, 0.717) is 34.6 Å². The van der Waals surface area contributed by atoms with Gasteiger partial charge in [-0.15, -0.1) is 11.3 Å². The molecular weight excluding hydrogens is 851 g/mol. The number of thiophene rings is 1. The van der Waals surface area contributed by atoms with Gasteiger partial charge in [-0.3, -0.25) is 4.79 Å². The van der Waals surface area contributed by atoms with Crippen molar-refractivity contribution in [2.75, 3.05) is 6.54 Å². The second-order valence-electron chi connectivity index (χ2n) is 21.9. The summed E-state index contributed by atoms with van der Waals surface area (Å²) < 4.78 is 31.3. The van der Waals surface area contributed by atoms with E-state index in [1.54, 1.807) is 21.7 Å². The Morgan fingerprint density at radius 1 is 0.646 bits per heavy atom. The second kappa shape index (κ2) is 23.9. The van der Waals surface area contributed by atoms with Crippen LogP contribution in [0.25, 0.3) is 21.6 Å². The molecule has 0 aliphatic carbocycles. The van der Waals surface area contributed by atoms with Crippen molar-refractivity contribution in [3.8, 4) is 21.6 Å². The lowest BCUT2D eigenvalue weighted by Gasteiger charge is -2.38. The molecule has 0 saturated carbocycles. The van der Waals surface area contributed by atoms with Gasteiger partial charge in [0.15, 0.2) is 0 Å². The number of hydrogen-bond acceptors (Lipinski definition) is 4. The monoisotopic (exact) mass is 944 g/mol. The fourth-order valence-electron chi connectivity index (χ4n) is 12.7. The van der Waals surface area contributed by atoms with Gasteiger partial charge in [-0.1, -0.05) is 222 Å². The van der Waals surface area contributed by atoms with Crippen molar-refractivity contribution < 1.29 is 13.2 Å². The molecule has 2 aliphatic rings. The van der Waals surface area contributed by atoms with Crippen molar-refractivity contribution in [1.82, 2.24) is 4.31 Å². The Labute approximate surface area is 405 Å². The predicted octanol–water partition coefficient (Wildman–Crippen LogP) is 16.9. The minimum atomic E-state index is -4.01. The summed E-state index contributed by atoms with van der Waals surface area (Å²) in [6.45, 7) is 28.3. The van der Waals surface area contributed by atoms with E-state index in [9.17, 15) is 0 Å². The summed E-state index contributed by atoms with van der Waals surface area (Å²) in [6, 6.07) is 17.5. The average Bonchev–Trinajstić information content (AvgIpc) is 3.87. The van der Waals surface area contributed by atoms with E-state index in [0.717, 1.165) is 53.8 Å². The summed E-state index contributed by atoms with van der Waals surface area (Å²) in [4.78, 5) is 17.1. The van der Waals surface area contributed by atoms with Crippen LogP contribution in [0, 0.1) is 17.8 Å². The number of nitrogens with zero attached hydrogens (tertiary/aromatic N) is 1. The van der Waals surface area contributed by atoms with Crippen LogP contribution in [0.15, 0.2) is 41.3 Å². The number of carbonyl (C=O) groups excluding carboxylic acids is 1. The maximum atomic E-state index is 15.0. The van der Waals surface area contributed by atoms with Crippen molar-refractivity contribution >= 4 is 45.7 Å². The molecule has 7 heteroatoms. The summed E-state index contributed by atoms with van der Waals surface area (Å²) in [5, 5.41) is 3.22. The van der Waals surface area contributed by atoms with Crippen LogP contribution in [0.2, 0.25) is 12.1 Å². The molecule has 2 aliphatic heterocycles. The van der Waals surface area contributed by atoms with Crippen LogP contribution in [0.3, 0.4) is 0 Å². The largest absolute Gasteiger partial charge is 0.270 e. The Morgan fingerprint density at radius 2 is 1.17 bits per heavy atom. The van der Waals surface area contributed by atoms with Crippen molar-refractivity contribution in [1.29, 1.82) is 0 Å². The SMILES string of the molecule is CCCCCCCCN1C(=O)c2c(-c3ccc4c(c3)[Si](CC(CC)CCCC)(CC(CC)CCCC)c3cc(C(C)(CCC)CCC)ccc3-4)sc(C(C)(CCC)CC(C)C)c2S1(=O)=O. The Hall–Kier alpha value is -2.22. The third kappa shape index (κ3) is 11.5. The van der Waals surface area contributed by atoms with E-state index >= 15 is 13.2 Å². The van der Waals surface area contributed by atoms with Gasteiger partial charge in [-0.25, -0.2) is 12.7 Å². The van der Waals surface area contributed by atoms with E-state index < -0.39 is 18.1 Å². The molecule has 3 unspecified atom stereocenters. The van der Waals surface area contributed by atoms with Gasteiger partial charge in [-0.05, 0) is 100.0 Å². The van der Waals surface area contributed by atoms with Gasteiger partial charge < -0.3 is 0 Å². The lowest BCUT2D eigenvalue weighted by molar-refractivity contribution is 0.0870. The standard InChI is InChI=1S/C58H93NO3S2Si/c1-13-21-24-25-26-27-37-59-56(60)52-53(63-55(54(52)64(59,61)62)58(12,36-18-6)40-43(9)10)46-30-32-48-49-33-31-47(57(11,34-16-4)35-17-5)39-51(49)65(50(48)38-46,41-44(19-7)28-22-14-2)42-45(20-8)29-23-15-3/h30-33,38-39,43-45H,13-29,34-37,40-42H2,1-12H3. The smallest absolute Gasteiger partial charge is 0.268 e. The minimum absolute atomic E-state index is 0.139. The number of carbonyl (C=O) groups is 1. The highest BCUT2D eigenvalue weighted by Crippen LogP contribution is 2.53. The molecule has 0 bridgehead atoms. The molecule has 3 aromatic rings. The first-order valence-corrected chi connectivity index (χ1v) is 31.8. The topological polar surface area (TPSA) is 54.5 Å². The molecular formula is C58H93NO3S2Si. The quantitative estimate of drug-likeness (QED) is 0.0494. The van der Waals surface area contributed by atoms with Gasteiger partial charge in [0.1, 0.15) is 13.0 Å². The van der Waals surface area contributed by atoms with E-state index in [4.69, 9.17) is 0 Å². The molecule has 0 N–H and O–H groups in total. The Balaban J connectivity index is 1.81. The van der Waals surface area contributed by atoms with E-state index in [1.807, 2.05) is 0 Å². The molecule has 1 amide bonds. The fraction of sp³-hybridized carbons (Fsp3) is 0.707. The van der Waals surface area contributed by atoms with E-state index in [1.165, 1.54) is 123 Å². The van der Waals surface area contributed by atoms with E-state index in [2.05, 4.69) is 119 Å². The van der Waals surface area contributed by atoms with Gasteiger partial charge in [0.2, 0.25) is 0 Å².